The molecule has 0 amide bonds. The van der Waals surface area contributed by atoms with Crippen molar-refractivity contribution in [2.45, 2.75) is 12.8 Å². The lowest BCUT2D eigenvalue weighted by atomic mass is 9.82. The first kappa shape index (κ1) is 6.64. The molecule has 0 spiro atoms. The summed E-state index contributed by atoms with van der Waals surface area (Å²) in [5.41, 5.74) is 1.08. The van der Waals surface area contributed by atoms with E-state index in [0.717, 1.165) is 23.7 Å². The van der Waals surface area contributed by atoms with Crippen LogP contribution in [0.15, 0.2) is 23.8 Å². The van der Waals surface area contributed by atoms with Gasteiger partial charge in [-0.25, -0.2) is 0 Å². The second-order valence-electron chi connectivity index (χ2n) is 4.20. The van der Waals surface area contributed by atoms with Crippen molar-refractivity contribution in [1.29, 1.82) is 0 Å². The van der Waals surface area contributed by atoms with Crippen LogP contribution in [0.3, 0.4) is 0 Å². The van der Waals surface area contributed by atoms with Gasteiger partial charge >= 0.3 is 0 Å². The van der Waals surface area contributed by atoms with Gasteiger partial charge in [0.05, 0.1) is 0 Å². The van der Waals surface area contributed by atoms with Gasteiger partial charge in [-0.1, -0.05) is 18.2 Å². The maximum Gasteiger partial charge on any atom is 0.146 e. The second kappa shape index (κ2) is 2.09. The summed E-state index contributed by atoms with van der Waals surface area (Å²) in [6.45, 7) is 0. The fourth-order valence-corrected chi connectivity index (χ4v) is 3.26. The Bertz CT molecular complexity index is 287. The molecule has 0 saturated heterocycles. The zero-order valence-electron chi connectivity index (χ0n) is 6.94. The van der Waals surface area contributed by atoms with Crippen molar-refractivity contribution in [2.75, 3.05) is 0 Å². The number of hydrogen-bond donors (Lipinski definition) is 0. The zero-order valence-corrected chi connectivity index (χ0v) is 6.94. The van der Waals surface area contributed by atoms with E-state index in [1.165, 1.54) is 12.8 Å². The summed E-state index contributed by atoms with van der Waals surface area (Å²) >= 11 is 0. The summed E-state index contributed by atoms with van der Waals surface area (Å²) < 4.78 is 0. The molecule has 4 atom stereocenters. The van der Waals surface area contributed by atoms with Crippen LogP contribution < -0.4 is 0 Å². The first-order valence-corrected chi connectivity index (χ1v) is 4.73. The fourth-order valence-electron chi connectivity index (χ4n) is 3.26. The Morgan fingerprint density at radius 2 is 2.42 bits per heavy atom. The van der Waals surface area contributed by atoms with Gasteiger partial charge in [-0.15, -0.1) is 0 Å². The molecule has 3 rings (SSSR count). The lowest BCUT2D eigenvalue weighted by Crippen LogP contribution is -2.16. The molecule has 3 aliphatic carbocycles. The largest absolute Gasteiger partial charge is 0.298 e. The van der Waals surface area contributed by atoms with Crippen LogP contribution in [-0.4, -0.2) is 6.29 Å². The number of carbonyl (C=O) groups excluding carboxylic acids is 1. The molecule has 0 radical (unpaired) electrons. The summed E-state index contributed by atoms with van der Waals surface area (Å²) in [5, 5.41) is 0. The monoisotopic (exact) mass is 160 g/mol. The van der Waals surface area contributed by atoms with Crippen LogP contribution in [0.2, 0.25) is 0 Å². The second-order valence-corrected chi connectivity index (χ2v) is 4.20. The van der Waals surface area contributed by atoms with Crippen molar-refractivity contribution in [3.8, 4) is 0 Å². The number of aldehydes is 1. The predicted molar refractivity (Wildman–Crippen MR) is 46.5 cm³/mol. The molecule has 2 bridgehead atoms. The summed E-state index contributed by atoms with van der Waals surface area (Å²) in [7, 11) is 0. The van der Waals surface area contributed by atoms with Gasteiger partial charge in [0.2, 0.25) is 0 Å². The molecule has 1 fully saturated rings. The molecule has 1 saturated carbocycles. The van der Waals surface area contributed by atoms with Gasteiger partial charge in [0.15, 0.2) is 0 Å². The highest BCUT2D eigenvalue weighted by Crippen LogP contribution is 2.55. The smallest absolute Gasteiger partial charge is 0.146 e. The molecule has 3 aliphatic rings. The van der Waals surface area contributed by atoms with E-state index >= 15 is 0 Å². The average molecular weight is 160 g/mol. The van der Waals surface area contributed by atoms with E-state index in [0.29, 0.717) is 11.8 Å². The van der Waals surface area contributed by atoms with Crippen LogP contribution in [0.4, 0.5) is 0 Å². The molecule has 1 nitrogen and oxygen atoms in total. The molecule has 12 heavy (non-hydrogen) atoms. The Balaban J connectivity index is 2.01. The normalized spacial score (nSPS) is 47.8. The van der Waals surface area contributed by atoms with E-state index in [4.69, 9.17) is 0 Å². The Hall–Kier alpha value is -0.850. The van der Waals surface area contributed by atoms with E-state index in [-0.39, 0.29) is 0 Å². The average Bonchev–Trinajstić information content (AvgIpc) is 2.75. The maximum atomic E-state index is 10.7. The highest BCUT2D eigenvalue weighted by Gasteiger charge is 2.47. The van der Waals surface area contributed by atoms with Crippen molar-refractivity contribution in [1.82, 2.24) is 0 Å². The van der Waals surface area contributed by atoms with Gasteiger partial charge in [-0.3, -0.25) is 4.79 Å². The van der Waals surface area contributed by atoms with Gasteiger partial charge < -0.3 is 0 Å². The van der Waals surface area contributed by atoms with E-state index in [1.807, 2.05) is 0 Å². The fraction of sp³-hybridized carbons (Fsp3) is 0.545. The molecule has 0 aromatic carbocycles. The molecule has 0 aromatic heterocycles. The highest BCUT2D eigenvalue weighted by molar-refractivity contribution is 5.76. The minimum absolute atomic E-state index is 0.580. The number of rotatable bonds is 1. The lowest BCUT2D eigenvalue weighted by Gasteiger charge is -2.21. The Kier molecular flexibility index (Phi) is 1.16. The van der Waals surface area contributed by atoms with Crippen molar-refractivity contribution < 1.29 is 4.79 Å². The predicted octanol–water partition coefficient (Wildman–Crippen LogP) is 1.95. The molecule has 0 aliphatic heterocycles. The van der Waals surface area contributed by atoms with Crippen LogP contribution in [0, 0.1) is 23.7 Å². The number of hydrogen-bond acceptors (Lipinski definition) is 1. The molecular weight excluding hydrogens is 148 g/mol. The maximum absolute atomic E-state index is 10.7. The van der Waals surface area contributed by atoms with Crippen molar-refractivity contribution in [3.63, 3.8) is 0 Å². The van der Waals surface area contributed by atoms with Crippen LogP contribution in [0.5, 0.6) is 0 Å². The van der Waals surface area contributed by atoms with Gasteiger partial charge in [0, 0.05) is 0 Å². The van der Waals surface area contributed by atoms with Gasteiger partial charge in [-0.05, 0) is 42.1 Å². The third-order valence-electron chi connectivity index (χ3n) is 3.77. The van der Waals surface area contributed by atoms with E-state index in [9.17, 15) is 4.79 Å². The molecular formula is C11H12O. The van der Waals surface area contributed by atoms with Crippen molar-refractivity contribution in [2.24, 2.45) is 23.7 Å². The van der Waals surface area contributed by atoms with Crippen LogP contribution in [0.1, 0.15) is 12.8 Å². The Morgan fingerprint density at radius 3 is 3.25 bits per heavy atom. The van der Waals surface area contributed by atoms with Gasteiger partial charge in [0.1, 0.15) is 6.29 Å². The molecule has 62 valence electrons. The van der Waals surface area contributed by atoms with Gasteiger partial charge in [0.25, 0.3) is 0 Å². The molecule has 1 heteroatoms. The third kappa shape index (κ3) is 0.626. The molecule has 0 N–H and O–H groups in total. The number of fused-ring (bicyclic) bond motifs is 5. The van der Waals surface area contributed by atoms with Crippen molar-refractivity contribution in [3.05, 3.63) is 23.8 Å². The number of carbonyl (C=O) groups is 1. The summed E-state index contributed by atoms with van der Waals surface area (Å²) in [6.07, 6.45) is 10.4. The number of allylic oxidation sites excluding steroid dienone is 4. The van der Waals surface area contributed by atoms with Gasteiger partial charge in [-0.2, -0.15) is 0 Å². The standard InChI is InChI=1S/C11H12O/c12-6-8-4-7-5-11(8)10-3-1-2-9(7)10/h1,3-4,6-7,9-11H,2,5H2/t7-,9-,10+,11-/m0/s1. The summed E-state index contributed by atoms with van der Waals surface area (Å²) in [4.78, 5) is 10.7. The molecule has 0 aromatic rings. The quantitative estimate of drug-likeness (QED) is 0.423. The van der Waals surface area contributed by atoms with E-state index in [2.05, 4.69) is 18.2 Å². The Morgan fingerprint density at radius 1 is 1.50 bits per heavy atom. The molecule has 0 unspecified atom stereocenters. The van der Waals surface area contributed by atoms with Crippen LogP contribution in [0.25, 0.3) is 0 Å². The van der Waals surface area contributed by atoms with Crippen LogP contribution in [-0.2, 0) is 4.79 Å². The minimum Gasteiger partial charge on any atom is -0.298 e. The topological polar surface area (TPSA) is 17.1 Å². The SMILES string of the molecule is O=CC1=C[C@H]2C[C@@H]1[C@@H]1C=CC[C@H]12. The van der Waals surface area contributed by atoms with Crippen molar-refractivity contribution >= 4 is 6.29 Å². The van der Waals surface area contributed by atoms with E-state index < -0.39 is 0 Å². The highest BCUT2D eigenvalue weighted by atomic mass is 16.1. The van der Waals surface area contributed by atoms with E-state index in [1.54, 1.807) is 0 Å². The molecule has 0 heterocycles. The first-order valence-electron chi connectivity index (χ1n) is 4.73. The van der Waals surface area contributed by atoms with Crippen LogP contribution >= 0.6 is 0 Å². The zero-order chi connectivity index (χ0) is 8.13. The Labute approximate surface area is 72.2 Å². The third-order valence-corrected chi connectivity index (χ3v) is 3.77. The minimum atomic E-state index is 0.580. The first-order chi connectivity index (χ1) is 5.90. The summed E-state index contributed by atoms with van der Waals surface area (Å²) in [5.74, 6) is 2.85. The lowest BCUT2D eigenvalue weighted by molar-refractivity contribution is -0.105. The summed E-state index contributed by atoms with van der Waals surface area (Å²) in [6, 6.07) is 0.